The Bertz CT molecular complexity index is 969. The molecule has 0 saturated carbocycles. The molecule has 1 aliphatic rings. The molecule has 3 N–H and O–H groups in total. The van der Waals surface area contributed by atoms with Crippen LogP contribution in [0.15, 0.2) is 60.7 Å². The zero-order valence-corrected chi connectivity index (χ0v) is 18.2. The van der Waals surface area contributed by atoms with Crippen LogP contribution in [0, 0.1) is 5.92 Å². The summed E-state index contributed by atoms with van der Waals surface area (Å²) in [5, 5.41) is 13.9. The molecule has 7 nitrogen and oxygen atoms in total. The standard InChI is InChI=1S/C25H28N2O5/c1-16(2)14-22(24(30)26-13-7-12-23(28)29)27-25(31)32-15-21-19-10-5-3-8-17(19)18-9-4-6-11-20(18)21/h3-12,16,21-22H,13-15H2,1-2H3,(H,26,30)(H,27,31)(H,28,29)/b12-7+/t22-/m1/s1. The maximum atomic E-state index is 12.5. The number of nitrogens with one attached hydrogen (secondary N) is 2. The summed E-state index contributed by atoms with van der Waals surface area (Å²) in [7, 11) is 0. The fourth-order valence-electron chi connectivity index (χ4n) is 3.93. The van der Waals surface area contributed by atoms with E-state index in [1.807, 2.05) is 50.2 Å². The lowest BCUT2D eigenvalue weighted by Crippen LogP contribution is -2.47. The average molecular weight is 437 g/mol. The van der Waals surface area contributed by atoms with Crippen LogP contribution in [0.2, 0.25) is 0 Å². The topological polar surface area (TPSA) is 105 Å². The molecule has 0 fully saturated rings. The van der Waals surface area contributed by atoms with E-state index in [-0.39, 0.29) is 30.9 Å². The van der Waals surface area contributed by atoms with E-state index in [2.05, 4.69) is 22.8 Å². The molecule has 0 spiro atoms. The predicted molar refractivity (Wildman–Crippen MR) is 121 cm³/mol. The molecule has 0 saturated heterocycles. The van der Waals surface area contributed by atoms with Crippen molar-refractivity contribution in [1.82, 2.24) is 10.6 Å². The predicted octanol–water partition coefficient (Wildman–Crippen LogP) is 3.70. The number of benzene rings is 2. The molecule has 3 rings (SSSR count). The second-order valence-electron chi connectivity index (χ2n) is 8.14. The van der Waals surface area contributed by atoms with E-state index < -0.39 is 18.1 Å². The lowest BCUT2D eigenvalue weighted by Gasteiger charge is -2.20. The minimum Gasteiger partial charge on any atom is -0.478 e. The van der Waals surface area contributed by atoms with Crippen molar-refractivity contribution in [2.45, 2.75) is 32.2 Å². The van der Waals surface area contributed by atoms with Gasteiger partial charge in [0.1, 0.15) is 12.6 Å². The lowest BCUT2D eigenvalue weighted by molar-refractivity contribution is -0.131. The summed E-state index contributed by atoms with van der Waals surface area (Å²) in [5.74, 6) is -1.38. The summed E-state index contributed by atoms with van der Waals surface area (Å²) in [6, 6.07) is 15.4. The number of ether oxygens (including phenoxy) is 1. The van der Waals surface area contributed by atoms with Gasteiger partial charge in [0.05, 0.1) is 0 Å². The van der Waals surface area contributed by atoms with Crippen LogP contribution in [-0.2, 0) is 14.3 Å². The highest BCUT2D eigenvalue weighted by molar-refractivity contribution is 5.86. The molecule has 1 aliphatic carbocycles. The second kappa shape index (κ2) is 10.6. The Labute approximate surface area is 187 Å². The molecule has 2 aromatic carbocycles. The van der Waals surface area contributed by atoms with E-state index in [1.54, 1.807) is 0 Å². The normalized spacial score (nSPS) is 13.5. The third-order valence-corrected chi connectivity index (χ3v) is 5.31. The molecular weight excluding hydrogens is 408 g/mol. The molecule has 7 heteroatoms. The van der Waals surface area contributed by atoms with Gasteiger partial charge in [0, 0.05) is 18.5 Å². The highest BCUT2D eigenvalue weighted by Gasteiger charge is 2.29. The van der Waals surface area contributed by atoms with Crippen LogP contribution in [0.5, 0.6) is 0 Å². The number of hydrogen-bond donors (Lipinski definition) is 3. The van der Waals surface area contributed by atoms with Gasteiger partial charge in [-0.1, -0.05) is 68.5 Å². The van der Waals surface area contributed by atoms with Crippen LogP contribution in [0.3, 0.4) is 0 Å². The van der Waals surface area contributed by atoms with Gasteiger partial charge in [-0.05, 0) is 34.6 Å². The molecule has 168 valence electrons. The van der Waals surface area contributed by atoms with E-state index >= 15 is 0 Å². The Morgan fingerprint density at radius 1 is 1.03 bits per heavy atom. The van der Waals surface area contributed by atoms with Gasteiger partial charge in [0.2, 0.25) is 5.91 Å². The van der Waals surface area contributed by atoms with Gasteiger partial charge >= 0.3 is 12.1 Å². The summed E-state index contributed by atoms with van der Waals surface area (Å²) in [6.45, 7) is 4.12. The highest BCUT2D eigenvalue weighted by Crippen LogP contribution is 2.44. The third kappa shape index (κ3) is 5.75. The molecule has 0 bridgehead atoms. The molecule has 0 radical (unpaired) electrons. The smallest absolute Gasteiger partial charge is 0.407 e. The van der Waals surface area contributed by atoms with Crippen molar-refractivity contribution in [1.29, 1.82) is 0 Å². The summed E-state index contributed by atoms with van der Waals surface area (Å²) in [4.78, 5) is 35.5. The van der Waals surface area contributed by atoms with Crippen molar-refractivity contribution >= 4 is 18.0 Å². The van der Waals surface area contributed by atoms with Crippen molar-refractivity contribution in [2.24, 2.45) is 5.92 Å². The van der Waals surface area contributed by atoms with Gasteiger partial charge in [0.25, 0.3) is 0 Å². The summed E-state index contributed by atoms with van der Waals surface area (Å²) >= 11 is 0. The first-order valence-corrected chi connectivity index (χ1v) is 10.7. The SMILES string of the molecule is CC(C)C[C@@H](NC(=O)OCC1c2ccccc2-c2ccccc21)C(=O)NC/C=C/C(=O)O. The minimum atomic E-state index is -1.09. The van der Waals surface area contributed by atoms with Crippen LogP contribution >= 0.6 is 0 Å². The number of carbonyl (C=O) groups is 3. The van der Waals surface area contributed by atoms with Crippen molar-refractivity contribution in [3.63, 3.8) is 0 Å². The fourth-order valence-corrected chi connectivity index (χ4v) is 3.93. The number of alkyl carbamates (subject to hydrolysis) is 1. The largest absolute Gasteiger partial charge is 0.478 e. The number of hydrogen-bond acceptors (Lipinski definition) is 4. The molecule has 0 aliphatic heterocycles. The minimum absolute atomic E-state index is 0.0616. The van der Waals surface area contributed by atoms with Crippen LogP contribution in [0.4, 0.5) is 4.79 Å². The maximum absolute atomic E-state index is 12.5. The van der Waals surface area contributed by atoms with Gasteiger partial charge in [0.15, 0.2) is 0 Å². The molecule has 0 unspecified atom stereocenters. The summed E-state index contributed by atoms with van der Waals surface area (Å²) in [6.07, 6.45) is 2.06. The second-order valence-corrected chi connectivity index (χ2v) is 8.14. The van der Waals surface area contributed by atoms with E-state index in [0.717, 1.165) is 28.3 Å². The Morgan fingerprint density at radius 3 is 2.19 bits per heavy atom. The van der Waals surface area contributed by atoms with E-state index in [0.29, 0.717) is 6.42 Å². The number of rotatable bonds is 9. The average Bonchev–Trinajstić information content (AvgIpc) is 3.08. The van der Waals surface area contributed by atoms with Gasteiger partial charge in [-0.3, -0.25) is 4.79 Å². The van der Waals surface area contributed by atoms with Crippen LogP contribution in [-0.4, -0.2) is 42.3 Å². The number of aliphatic carboxylic acids is 1. The number of amides is 2. The Hall–Kier alpha value is -3.61. The number of fused-ring (bicyclic) bond motifs is 3. The van der Waals surface area contributed by atoms with Crippen LogP contribution in [0.25, 0.3) is 11.1 Å². The third-order valence-electron chi connectivity index (χ3n) is 5.31. The first-order chi connectivity index (χ1) is 15.4. The monoisotopic (exact) mass is 436 g/mol. The van der Waals surface area contributed by atoms with Crippen molar-refractivity contribution < 1.29 is 24.2 Å². The molecule has 2 amide bonds. The zero-order chi connectivity index (χ0) is 23.1. The molecule has 2 aromatic rings. The number of carboxylic acids is 1. The Kier molecular flexibility index (Phi) is 7.65. The fraction of sp³-hybridized carbons (Fsp3) is 0.320. The van der Waals surface area contributed by atoms with Crippen LogP contribution in [0.1, 0.15) is 37.3 Å². The van der Waals surface area contributed by atoms with Gasteiger partial charge < -0.3 is 20.5 Å². The number of carbonyl (C=O) groups excluding carboxylic acids is 2. The van der Waals surface area contributed by atoms with E-state index in [9.17, 15) is 14.4 Å². The maximum Gasteiger partial charge on any atom is 0.407 e. The highest BCUT2D eigenvalue weighted by atomic mass is 16.5. The molecule has 0 heterocycles. The summed E-state index contributed by atoms with van der Waals surface area (Å²) in [5.41, 5.74) is 4.51. The molecule has 32 heavy (non-hydrogen) atoms. The van der Waals surface area contributed by atoms with Gasteiger partial charge in [-0.2, -0.15) is 0 Å². The van der Waals surface area contributed by atoms with Crippen molar-refractivity contribution in [3.8, 4) is 11.1 Å². The zero-order valence-electron chi connectivity index (χ0n) is 18.2. The molecular formula is C25H28N2O5. The Balaban J connectivity index is 1.62. The Morgan fingerprint density at radius 2 is 1.62 bits per heavy atom. The van der Waals surface area contributed by atoms with Crippen molar-refractivity contribution in [2.75, 3.05) is 13.2 Å². The molecule has 0 aromatic heterocycles. The van der Waals surface area contributed by atoms with E-state index in [4.69, 9.17) is 9.84 Å². The molecule has 1 atom stereocenters. The van der Waals surface area contributed by atoms with Crippen LogP contribution < -0.4 is 10.6 Å². The quantitative estimate of drug-likeness (QED) is 0.520. The summed E-state index contributed by atoms with van der Waals surface area (Å²) < 4.78 is 5.54. The lowest BCUT2D eigenvalue weighted by atomic mass is 9.98. The van der Waals surface area contributed by atoms with E-state index in [1.165, 1.54) is 6.08 Å². The first-order valence-electron chi connectivity index (χ1n) is 10.7. The number of carboxylic acid groups (broad SMARTS) is 1. The van der Waals surface area contributed by atoms with Gasteiger partial charge in [-0.25, -0.2) is 9.59 Å². The van der Waals surface area contributed by atoms with Crippen molar-refractivity contribution in [3.05, 3.63) is 71.8 Å². The first kappa shape index (κ1) is 23.1. The van der Waals surface area contributed by atoms with Gasteiger partial charge in [-0.15, -0.1) is 0 Å².